The Hall–Kier alpha value is -3.07. The van der Waals surface area contributed by atoms with Crippen LogP contribution >= 0.6 is 0 Å². The van der Waals surface area contributed by atoms with Crippen molar-refractivity contribution in [3.8, 4) is 17.1 Å². The van der Waals surface area contributed by atoms with Gasteiger partial charge in [0.1, 0.15) is 12.4 Å². The largest absolute Gasteiger partial charge is 0.492 e. The number of hydrogen-bond acceptors (Lipinski definition) is 7. The van der Waals surface area contributed by atoms with E-state index in [-0.39, 0.29) is 22.9 Å². The van der Waals surface area contributed by atoms with Crippen molar-refractivity contribution in [1.82, 2.24) is 29.2 Å². The second-order valence-corrected chi connectivity index (χ2v) is 8.16. The highest BCUT2D eigenvalue weighted by Gasteiger charge is 2.24. The molecule has 1 aliphatic carbocycles. The SMILES string of the molecule is CCN(CC)CCOc1ccc(-c2nnc3c(n2)c(=O)n(C)c(=O)n3C2CCCC2)cc1. The minimum absolute atomic E-state index is 0.0338. The fourth-order valence-corrected chi connectivity index (χ4v) is 4.27. The molecule has 0 unspecified atom stereocenters. The Labute approximate surface area is 186 Å². The van der Waals surface area contributed by atoms with Gasteiger partial charge in [-0.15, -0.1) is 10.2 Å². The Bertz CT molecular complexity index is 1190. The van der Waals surface area contributed by atoms with Crippen molar-refractivity contribution < 1.29 is 4.74 Å². The third-order valence-corrected chi connectivity index (χ3v) is 6.27. The molecule has 2 aromatic heterocycles. The fraction of sp³-hybridized carbons (Fsp3) is 0.522. The molecule has 0 atom stereocenters. The van der Waals surface area contributed by atoms with Crippen LogP contribution in [-0.4, -0.2) is 55.5 Å². The van der Waals surface area contributed by atoms with Crippen molar-refractivity contribution in [2.75, 3.05) is 26.2 Å². The minimum Gasteiger partial charge on any atom is -0.492 e. The Morgan fingerprint density at radius 2 is 1.75 bits per heavy atom. The molecule has 32 heavy (non-hydrogen) atoms. The van der Waals surface area contributed by atoms with Gasteiger partial charge in [0.05, 0.1) is 0 Å². The van der Waals surface area contributed by atoms with Gasteiger partial charge in [0, 0.05) is 25.2 Å². The Morgan fingerprint density at radius 3 is 2.41 bits per heavy atom. The lowest BCUT2D eigenvalue weighted by atomic mass is 10.2. The highest BCUT2D eigenvalue weighted by molar-refractivity contribution is 5.71. The number of ether oxygens (including phenoxy) is 1. The summed E-state index contributed by atoms with van der Waals surface area (Å²) in [6.07, 6.45) is 3.91. The van der Waals surface area contributed by atoms with Crippen LogP contribution in [0.25, 0.3) is 22.6 Å². The molecule has 1 aliphatic rings. The first-order valence-corrected chi connectivity index (χ1v) is 11.3. The minimum atomic E-state index is -0.452. The lowest BCUT2D eigenvalue weighted by Gasteiger charge is -2.18. The molecule has 0 N–H and O–H groups in total. The van der Waals surface area contributed by atoms with Crippen molar-refractivity contribution >= 4 is 11.2 Å². The molecule has 1 fully saturated rings. The van der Waals surface area contributed by atoms with E-state index in [0.717, 1.165) is 61.2 Å². The van der Waals surface area contributed by atoms with Gasteiger partial charge in [-0.05, 0) is 50.2 Å². The van der Waals surface area contributed by atoms with Crippen LogP contribution in [0.1, 0.15) is 45.6 Å². The summed E-state index contributed by atoms with van der Waals surface area (Å²) in [4.78, 5) is 32.3. The predicted octanol–water partition coefficient (Wildman–Crippen LogP) is 2.39. The number of benzene rings is 1. The van der Waals surface area contributed by atoms with Crippen LogP contribution in [0.15, 0.2) is 33.9 Å². The Balaban J connectivity index is 1.61. The monoisotopic (exact) mass is 438 g/mol. The topological polar surface area (TPSA) is 95.1 Å². The number of rotatable bonds is 8. The second-order valence-electron chi connectivity index (χ2n) is 8.16. The van der Waals surface area contributed by atoms with Gasteiger partial charge in [-0.2, -0.15) is 0 Å². The van der Waals surface area contributed by atoms with E-state index in [2.05, 4.69) is 33.9 Å². The molecule has 0 radical (unpaired) electrons. The number of likely N-dealkylation sites (N-methyl/N-ethyl adjacent to an activating group) is 1. The normalized spacial score (nSPS) is 14.5. The molecule has 0 bridgehead atoms. The predicted molar refractivity (Wildman–Crippen MR) is 123 cm³/mol. The zero-order chi connectivity index (χ0) is 22.7. The first-order chi connectivity index (χ1) is 15.5. The maximum atomic E-state index is 12.8. The van der Waals surface area contributed by atoms with Gasteiger partial charge in [0.25, 0.3) is 5.56 Å². The zero-order valence-corrected chi connectivity index (χ0v) is 19.0. The zero-order valence-electron chi connectivity index (χ0n) is 19.0. The van der Waals surface area contributed by atoms with Crippen molar-refractivity contribution in [2.45, 2.75) is 45.6 Å². The molecule has 9 nitrogen and oxygen atoms in total. The Kier molecular flexibility index (Phi) is 6.64. The van der Waals surface area contributed by atoms with Gasteiger partial charge in [-0.1, -0.05) is 26.7 Å². The third-order valence-electron chi connectivity index (χ3n) is 6.27. The van der Waals surface area contributed by atoms with Crippen LogP contribution in [-0.2, 0) is 7.05 Å². The van der Waals surface area contributed by atoms with Crippen LogP contribution in [0.4, 0.5) is 0 Å². The molecule has 2 heterocycles. The standard InChI is InChI=1S/C23H30N6O3/c1-4-28(5-2)14-15-32-18-12-10-16(11-13-18)20-24-19-21(26-25-20)29(17-8-6-7-9-17)23(31)27(3)22(19)30/h10-13,17H,4-9,14-15H2,1-3H3. The molecular formula is C23H30N6O3. The van der Waals surface area contributed by atoms with Crippen molar-refractivity contribution in [2.24, 2.45) is 7.05 Å². The smallest absolute Gasteiger partial charge is 0.332 e. The van der Waals surface area contributed by atoms with Crippen molar-refractivity contribution in [3.63, 3.8) is 0 Å². The maximum Gasteiger partial charge on any atom is 0.332 e. The first-order valence-electron chi connectivity index (χ1n) is 11.3. The van der Waals surface area contributed by atoms with Gasteiger partial charge in [0.15, 0.2) is 17.0 Å². The number of fused-ring (bicyclic) bond motifs is 1. The van der Waals surface area contributed by atoms with Gasteiger partial charge in [-0.3, -0.25) is 13.9 Å². The van der Waals surface area contributed by atoms with Crippen LogP contribution in [0.5, 0.6) is 5.75 Å². The summed E-state index contributed by atoms with van der Waals surface area (Å²) in [6.45, 7) is 7.76. The van der Waals surface area contributed by atoms with Gasteiger partial charge in [0.2, 0.25) is 0 Å². The van der Waals surface area contributed by atoms with Crippen molar-refractivity contribution in [3.05, 3.63) is 45.1 Å². The quantitative estimate of drug-likeness (QED) is 0.533. The third kappa shape index (κ3) is 4.29. The van der Waals surface area contributed by atoms with Crippen LogP contribution < -0.4 is 16.0 Å². The molecule has 3 aromatic rings. The molecule has 0 amide bonds. The number of hydrogen-bond donors (Lipinski definition) is 0. The second kappa shape index (κ2) is 9.60. The van der Waals surface area contributed by atoms with E-state index >= 15 is 0 Å². The molecule has 1 aromatic carbocycles. The number of nitrogens with zero attached hydrogens (tertiary/aromatic N) is 6. The Morgan fingerprint density at radius 1 is 1.06 bits per heavy atom. The summed E-state index contributed by atoms with van der Waals surface area (Å²) in [5.74, 6) is 1.11. The summed E-state index contributed by atoms with van der Waals surface area (Å²) in [5.41, 5.74) is 0.362. The van der Waals surface area contributed by atoms with Crippen molar-refractivity contribution in [1.29, 1.82) is 0 Å². The summed E-state index contributed by atoms with van der Waals surface area (Å²) in [5, 5.41) is 8.52. The first kappa shape index (κ1) is 22.1. The fourth-order valence-electron chi connectivity index (χ4n) is 4.27. The van der Waals surface area contributed by atoms with E-state index in [0.29, 0.717) is 12.4 Å². The molecule has 1 saturated carbocycles. The molecule has 9 heteroatoms. The van der Waals surface area contributed by atoms with E-state index in [1.54, 1.807) is 4.57 Å². The lowest BCUT2D eigenvalue weighted by molar-refractivity contribution is 0.223. The van der Waals surface area contributed by atoms with Gasteiger partial charge >= 0.3 is 5.69 Å². The molecular weight excluding hydrogens is 408 g/mol. The van der Waals surface area contributed by atoms with Crippen LogP contribution in [0, 0.1) is 0 Å². The average Bonchev–Trinajstić information content (AvgIpc) is 3.35. The average molecular weight is 439 g/mol. The lowest BCUT2D eigenvalue weighted by Crippen LogP contribution is -2.40. The summed E-state index contributed by atoms with van der Waals surface area (Å²) >= 11 is 0. The van der Waals surface area contributed by atoms with E-state index in [1.807, 2.05) is 24.3 Å². The molecule has 0 saturated heterocycles. The summed E-state index contributed by atoms with van der Waals surface area (Å²) in [6, 6.07) is 7.47. The van der Waals surface area contributed by atoms with Crippen LogP contribution in [0.2, 0.25) is 0 Å². The van der Waals surface area contributed by atoms with E-state index in [4.69, 9.17) is 4.74 Å². The van der Waals surface area contributed by atoms with Gasteiger partial charge < -0.3 is 9.64 Å². The molecule has 4 rings (SSSR count). The van der Waals surface area contributed by atoms with Crippen LogP contribution in [0.3, 0.4) is 0 Å². The maximum absolute atomic E-state index is 12.8. The molecule has 170 valence electrons. The highest BCUT2D eigenvalue weighted by Crippen LogP contribution is 2.29. The van der Waals surface area contributed by atoms with E-state index < -0.39 is 5.56 Å². The summed E-state index contributed by atoms with van der Waals surface area (Å²) in [7, 11) is 1.49. The highest BCUT2D eigenvalue weighted by atomic mass is 16.5. The van der Waals surface area contributed by atoms with Gasteiger partial charge in [-0.25, -0.2) is 9.78 Å². The molecule has 0 aliphatic heterocycles. The number of aromatic nitrogens is 5. The van der Waals surface area contributed by atoms with E-state index in [1.165, 1.54) is 7.05 Å². The van der Waals surface area contributed by atoms with E-state index in [9.17, 15) is 9.59 Å². The molecule has 0 spiro atoms. The summed E-state index contributed by atoms with van der Waals surface area (Å²) < 4.78 is 8.55.